The van der Waals surface area contributed by atoms with Crippen LogP contribution in [0, 0.1) is 23.7 Å². The van der Waals surface area contributed by atoms with E-state index >= 15 is 0 Å². The van der Waals surface area contributed by atoms with E-state index < -0.39 is 18.1 Å². The van der Waals surface area contributed by atoms with Gasteiger partial charge in [-0.25, -0.2) is 0 Å². The van der Waals surface area contributed by atoms with Crippen LogP contribution < -0.4 is 16.4 Å². The molecule has 0 aromatic heterocycles. The van der Waals surface area contributed by atoms with Crippen molar-refractivity contribution in [1.82, 2.24) is 20.4 Å². The second-order valence-electron chi connectivity index (χ2n) is 13.0. The standard InChI is InChI=1S/C33H55N5O3/c1-20(2)16-17-35-31(39)27(19-25-14-12-11-13-15-25)37(9)33(41)28(22(5)6)36-29-23(7)24(8)30(29)38(10)32(40)26(34)18-21(3)4/h11-15,20-22,24,26-28,30,36H,16-19,34H2,1-10H3,(H,35,39)/t24-,26-,27-,28-,30-/m0/s1. The molecule has 0 heterocycles. The Bertz CT molecular complexity index is 1050. The first kappa shape index (κ1) is 34.3. The number of likely N-dealkylation sites (N-methyl/N-ethyl adjacent to an activating group) is 2. The first-order chi connectivity index (χ1) is 19.2. The van der Waals surface area contributed by atoms with E-state index in [2.05, 4.69) is 45.3 Å². The van der Waals surface area contributed by atoms with Gasteiger partial charge < -0.3 is 26.2 Å². The molecular formula is C33H55N5O3. The van der Waals surface area contributed by atoms with Crippen LogP contribution in [-0.2, 0) is 20.8 Å². The van der Waals surface area contributed by atoms with Crippen LogP contribution >= 0.6 is 0 Å². The monoisotopic (exact) mass is 569 g/mol. The maximum absolute atomic E-state index is 14.1. The van der Waals surface area contributed by atoms with Gasteiger partial charge >= 0.3 is 0 Å². The molecular weight excluding hydrogens is 514 g/mol. The fourth-order valence-corrected chi connectivity index (χ4v) is 5.50. The Morgan fingerprint density at radius 3 is 2.10 bits per heavy atom. The Morgan fingerprint density at radius 2 is 1.56 bits per heavy atom. The van der Waals surface area contributed by atoms with Crippen LogP contribution in [0.3, 0.4) is 0 Å². The Labute approximate surface area is 248 Å². The molecule has 0 unspecified atom stereocenters. The summed E-state index contributed by atoms with van der Waals surface area (Å²) in [6.07, 6.45) is 1.92. The number of benzene rings is 1. The molecule has 230 valence electrons. The minimum atomic E-state index is -0.649. The van der Waals surface area contributed by atoms with Crippen LogP contribution in [0.2, 0.25) is 0 Å². The molecule has 0 saturated carbocycles. The zero-order valence-corrected chi connectivity index (χ0v) is 27.0. The molecule has 1 aromatic carbocycles. The number of nitrogens with one attached hydrogen (secondary N) is 2. The summed E-state index contributed by atoms with van der Waals surface area (Å²) >= 11 is 0. The molecule has 8 nitrogen and oxygen atoms in total. The number of hydrogen-bond acceptors (Lipinski definition) is 5. The van der Waals surface area contributed by atoms with E-state index in [0.29, 0.717) is 31.2 Å². The average Bonchev–Trinajstić information content (AvgIpc) is 2.91. The van der Waals surface area contributed by atoms with E-state index in [1.54, 1.807) is 23.9 Å². The van der Waals surface area contributed by atoms with Gasteiger partial charge in [0.1, 0.15) is 12.1 Å². The summed E-state index contributed by atoms with van der Waals surface area (Å²) < 4.78 is 0. The molecule has 1 aromatic rings. The lowest BCUT2D eigenvalue weighted by molar-refractivity contribution is -0.141. The largest absolute Gasteiger partial charge is 0.375 e. The summed E-state index contributed by atoms with van der Waals surface area (Å²) in [7, 11) is 3.52. The Morgan fingerprint density at radius 1 is 0.951 bits per heavy atom. The topological polar surface area (TPSA) is 108 Å². The molecule has 8 heteroatoms. The van der Waals surface area contributed by atoms with Crippen molar-refractivity contribution in [2.45, 2.75) is 98.8 Å². The van der Waals surface area contributed by atoms with E-state index in [1.165, 1.54) is 0 Å². The number of nitrogens with zero attached hydrogens (tertiary/aromatic N) is 2. The summed E-state index contributed by atoms with van der Waals surface area (Å²) in [4.78, 5) is 44.0. The molecule has 0 spiro atoms. The van der Waals surface area contributed by atoms with Crippen LogP contribution in [0.1, 0.15) is 73.8 Å². The summed E-state index contributed by atoms with van der Waals surface area (Å²) in [6.45, 7) is 17.1. The fraction of sp³-hybridized carbons (Fsp3) is 0.667. The van der Waals surface area contributed by atoms with Crippen molar-refractivity contribution >= 4 is 17.7 Å². The highest BCUT2D eigenvalue weighted by Crippen LogP contribution is 2.37. The van der Waals surface area contributed by atoms with E-state index in [9.17, 15) is 14.4 Å². The quantitative estimate of drug-likeness (QED) is 0.296. The van der Waals surface area contributed by atoms with Gasteiger partial charge in [0, 0.05) is 38.7 Å². The molecule has 0 radical (unpaired) electrons. The molecule has 4 N–H and O–H groups in total. The average molecular weight is 570 g/mol. The van der Waals surface area contributed by atoms with Crippen molar-refractivity contribution < 1.29 is 14.4 Å². The van der Waals surface area contributed by atoms with Crippen molar-refractivity contribution in [2.75, 3.05) is 20.6 Å². The lowest BCUT2D eigenvalue weighted by Gasteiger charge is -2.47. The lowest BCUT2D eigenvalue weighted by Crippen LogP contribution is -2.60. The molecule has 5 atom stereocenters. The third kappa shape index (κ3) is 9.06. The van der Waals surface area contributed by atoms with Crippen molar-refractivity contribution in [1.29, 1.82) is 0 Å². The highest BCUT2D eigenvalue weighted by molar-refractivity contribution is 5.90. The van der Waals surface area contributed by atoms with Gasteiger partial charge in [-0.2, -0.15) is 0 Å². The third-order valence-corrected chi connectivity index (χ3v) is 8.34. The van der Waals surface area contributed by atoms with E-state index in [1.807, 2.05) is 51.1 Å². The minimum Gasteiger partial charge on any atom is -0.375 e. The second kappa shape index (κ2) is 15.4. The van der Waals surface area contributed by atoms with Crippen LogP contribution in [0.5, 0.6) is 0 Å². The van der Waals surface area contributed by atoms with Crippen molar-refractivity contribution in [3.8, 4) is 0 Å². The van der Waals surface area contributed by atoms with Gasteiger partial charge in [-0.05, 0) is 48.7 Å². The molecule has 1 aliphatic carbocycles. The first-order valence-corrected chi connectivity index (χ1v) is 15.2. The number of rotatable bonds is 15. The third-order valence-electron chi connectivity index (χ3n) is 8.34. The molecule has 1 aliphatic rings. The van der Waals surface area contributed by atoms with Gasteiger partial charge in [-0.1, -0.05) is 78.8 Å². The first-order valence-electron chi connectivity index (χ1n) is 15.2. The molecule has 0 fully saturated rings. The highest BCUT2D eigenvalue weighted by atomic mass is 16.2. The number of nitrogens with two attached hydrogens (primary N) is 1. The summed E-state index contributed by atoms with van der Waals surface area (Å²) in [6, 6.07) is 7.85. The number of amides is 3. The highest BCUT2D eigenvalue weighted by Gasteiger charge is 2.43. The Balaban J connectivity index is 2.28. The summed E-state index contributed by atoms with van der Waals surface area (Å²) in [5.41, 5.74) is 9.26. The Hall–Kier alpha value is -2.87. The SMILES string of the molecule is CC1=C(N[C@H](C(=O)N(C)[C@@H](Cc2ccccc2)C(=O)NCCC(C)C)C(C)C)[C@@H](N(C)C(=O)[C@@H](N)CC(C)C)[C@H]1C. The number of carbonyl (C=O) groups excluding carboxylic acids is 3. The van der Waals surface area contributed by atoms with Gasteiger partial charge in [-0.3, -0.25) is 14.4 Å². The minimum absolute atomic E-state index is 0.0487. The zero-order chi connectivity index (χ0) is 31.0. The lowest BCUT2D eigenvalue weighted by atomic mass is 9.76. The van der Waals surface area contributed by atoms with Gasteiger partial charge in [0.2, 0.25) is 17.7 Å². The number of carbonyl (C=O) groups is 3. The van der Waals surface area contributed by atoms with Crippen LogP contribution in [0.25, 0.3) is 0 Å². The predicted octanol–water partition coefficient (Wildman–Crippen LogP) is 3.96. The van der Waals surface area contributed by atoms with Crippen molar-refractivity contribution in [3.63, 3.8) is 0 Å². The van der Waals surface area contributed by atoms with Gasteiger partial charge in [-0.15, -0.1) is 0 Å². The van der Waals surface area contributed by atoms with Crippen LogP contribution in [0.15, 0.2) is 41.6 Å². The predicted molar refractivity (Wildman–Crippen MR) is 167 cm³/mol. The molecule has 41 heavy (non-hydrogen) atoms. The van der Waals surface area contributed by atoms with Crippen molar-refractivity contribution in [3.05, 3.63) is 47.2 Å². The normalized spacial score (nSPS) is 19.1. The fourth-order valence-electron chi connectivity index (χ4n) is 5.50. The smallest absolute Gasteiger partial charge is 0.245 e. The van der Waals surface area contributed by atoms with Gasteiger partial charge in [0.25, 0.3) is 0 Å². The van der Waals surface area contributed by atoms with Crippen LogP contribution in [-0.4, -0.2) is 72.3 Å². The van der Waals surface area contributed by atoms with E-state index in [0.717, 1.165) is 23.3 Å². The summed E-state index contributed by atoms with van der Waals surface area (Å²) in [5.74, 6) is 0.500. The molecule has 0 saturated heterocycles. The Kier molecular flexibility index (Phi) is 12.9. The second-order valence-corrected chi connectivity index (χ2v) is 13.0. The van der Waals surface area contributed by atoms with Gasteiger partial charge in [0.05, 0.1) is 12.1 Å². The summed E-state index contributed by atoms with van der Waals surface area (Å²) in [5, 5.41) is 6.57. The van der Waals surface area contributed by atoms with Crippen molar-refractivity contribution in [2.24, 2.45) is 29.4 Å². The van der Waals surface area contributed by atoms with E-state index in [4.69, 9.17) is 5.73 Å². The molecule has 0 aliphatic heterocycles. The maximum Gasteiger partial charge on any atom is 0.245 e. The number of hydrogen-bond donors (Lipinski definition) is 3. The molecule has 3 amide bonds. The zero-order valence-electron chi connectivity index (χ0n) is 27.0. The van der Waals surface area contributed by atoms with E-state index in [-0.39, 0.29) is 35.6 Å². The maximum atomic E-state index is 14.1. The van der Waals surface area contributed by atoms with Crippen LogP contribution in [0.4, 0.5) is 0 Å². The molecule has 2 rings (SSSR count). The molecule has 0 bridgehead atoms. The van der Waals surface area contributed by atoms with Gasteiger partial charge in [0.15, 0.2) is 0 Å².